The van der Waals surface area contributed by atoms with Gasteiger partial charge in [0.15, 0.2) is 11.5 Å². The molecule has 1 saturated carbocycles. The molecule has 2 aliphatic carbocycles. The van der Waals surface area contributed by atoms with Crippen LogP contribution in [0.4, 0.5) is 0 Å². The minimum absolute atomic E-state index is 0.0202. The number of hydrogen-bond acceptors (Lipinski definition) is 4. The Morgan fingerprint density at radius 3 is 2.58 bits per heavy atom. The quantitative estimate of drug-likeness (QED) is 0.595. The first-order valence-electron chi connectivity index (χ1n) is 9.00. The van der Waals surface area contributed by atoms with E-state index in [1.165, 1.54) is 0 Å². The zero-order valence-electron chi connectivity index (χ0n) is 14.8. The first-order valence-corrected chi connectivity index (χ1v) is 9.00. The van der Waals surface area contributed by atoms with E-state index in [1.54, 1.807) is 0 Å². The third-order valence-electron chi connectivity index (χ3n) is 6.74. The summed E-state index contributed by atoms with van der Waals surface area (Å²) in [5, 5.41) is 21.4. The molecule has 1 spiro atoms. The van der Waals surface area contributed by atoms with Gasteiger partial charge in [0.25, 0.3) is 0 Å². The van der Waals surface area contributed by atoms with Crippen LogP contribution >= 0.6 is 0 Å². The summed E-state index contributed by atoms with van der Waals surface area (Å²) in [4.78, 5) is 12.9. The summed E-state index contributed by atoms with van der Waals surface area (Å²) < 4.78 is 5.76. The fourth-order valence-electron chi connectivity index (χ4n) is 5.55. The molecule has 2 bridgehead atoms. The van der Waals surface area contributed by atoms with Crippen molar-refractivity contribution in [3.05, 3.63) is 22.8 Å². The Balaban J connectivity index is 2.02. The van der Waals surface area contributed by atoms with Gasteiger partial charge in [-0.1, -0.05) is 34.1 Å². The number of benzene rings is 1. The molecule has 24 heavy (non-hydrogen) atoms. The molecule has 2 N–H and O–H groups in total. The Morgan fingerprint density at radius 2 is 1.92 bits per heavy atom. The van der Waals surface area contributed by atoms with E-state index in [0.717, 1.165) is 30.4 Å². The maximum Gasteiger partial charge on any atom is 0.317 e. The first kappa shape index (κ1) is 15.8. The number of rotatable bonds is 1. The number of hydrogen-bond donors (Lipinski definition) is 2. The summed E-state index contributed by atoms with van der Waals surface area (Å²) in [5.74, 6) is -0.141. The molecule has 5 rings (SSSR count). The highest BCUT2D eigenvalue weighted by molar-refractivity contribution is 5.89. The van der Waals surface area contributed by atoms with E-state index in [0.29, 0.717) is 12.0 Å². The van der Waals surface area contributed by atoms with Crippen molar-refractivity contribution in [1.29, 1.82) is 0 Å². The Hall–Kier alpha value is -1.71. The number of aromatic hydroxyl groups is 2. The Bertz CT molecular complexity index is 734. The summed E-state index contributed by atoms with van der Waals surface area (Å²) in [5.41, 5.74) is 1.49. The molecule has 4 heteroatoms. The molecule has 4 nitrogen and oxygen atoms in total. The first-order chi connectivity index (χ1) is 11.2. The van der Waals surface area contributed by atoms with Gasteiger partial charge in [-0.25, -0.2) is 0 Å². The molecule has 1 aromatic rings. The lowest BCUT2D eigenvalue weighted by Crippen LogP contribution is -2.59. The largest absolute Gasteiger partial charge is 0.504 e. The van der Waals surface area contributed by atoms with Crippen molar-refractivity contribution in [2.75, 3.05) is 0 Å². The summed E-state index contributed by atoms with van der Waals surface area (Å²) in [6.07, 6.45) is 3.20. The van der Waals surface area contributed by atoms with Crippen LogP contribution in [-0.4, -0.2) is 16.2 Å². The molecule has 0 radical (unpaired) electrons. The van der Waals surface area contributed by atoms with Gasteiger partial charge in [0, 0.05) is 16.7 Å². The fourth-order valence-corrected chi connectivity index (χ4v) is 5.55. The zero-order chi connectivity index (χ0) is 17.4. The van der Waals surface area contributed by atoms with E-state index < -0.39 is 5.41 Å². The van der Waals surface area contributed by atoms with Gasteiger partial charge < -0.3 is 14.9 Å². The lowest BCUT2D eigenvalue weighted by molar-refractivity contribution is -0.185. The molecule has 1 aromatic carbocycles. The van der Waals surface area contributed by atoms with Crippen LogP contribution in [0.5, 0.6) is 11.5 Å². The lowest BCUT2D eigenvalue weighted by Gasteiger charge is -2.58. The van der Waals surface area contributed by atoms with Gasteiger partial charge in [-0.3, -0.25) is 4.79 Å². The molecule has 2 heterocycles. The minimum atomic E-state index is -0.803. The third kappa shape index (κ3) is 1.72. The normalized spacial score (nSPS) is 33.1. The Kier molecular flexibility index (Phi) is 3.08. The molecule has 1 saturated heterocycles. The van der Waals surface area contributed by atoms with Crippen molar-refractivity contribution in [1.82, 2.24) is 0 Å². The standard InChI is InChI=1S/C20H26O4/c1-10(2)11-8-12-13-9-14-19(3,4)6-5-7-20(14,18(23)24-13)15(12)17(22)16(11)21/h8,10,13-14,21-22H,5-7,9H2,1-4H3/t13?,14-,20+/m0/s1. The molecular weight excluding hydrogens is 304 g/mol. The second kappa shape index (κ2) is 4.68. The van der Waals surface area contributed by atoms with Crippen LogP contribution in [0.25, 0.3) is 0 Å². The molecule has 0 amide bonds. The number of carbonyl (C=O) groups excluding carboxylic acids is 1. The van der Waals surface area contributed by atoms with Crippen molar-refractivity contribution >= 4 is 5.97 Å². The van der Waals surface area contributed by atoms with Crippen LogP contribution in [0.15, 0.2) is 6.07 Å². The fraction of sp³-hybridized carbons (Fsp3) is 0.650. The highest BCUT2D eigenvalue weighted by Crippen LogP contribution is 2.66. The summed E-state index contributed by atoms with van der Waals surface area (Å²) in [6.45, 7) is 8.40. The van der Waals surface area contributed by atoms with E-state index >= 15 is 0 Å². The van der Waals surface area contributed by atoms with Gasteiger partial charge in [0.05, 0.1) is 0 Å². The maximum absolute atomic E-state index is 12.9. The van der Waals surface area contributed by atoms with Crippen molar-refractivity contribution in [2.45, 2.75) is 70.8 Å². The molecule has 3 atom stereocenters. The van der Waals surface area contributed by atoms with Crippen molar-refractivity contribution in [2.24, 2.45) is 11.3 Å². The predicted molar refractivity (Wildman–Crippen MR) is 90.1 cm³/mol. The summed E-state index contributed by atoms with van der Waals surface area (Å²) >= 11 is 0. The SMILES string of the molecule is CC(C)c1cc2c(c(O)c1O)[C@@]13CCCC(C)(C)[C@@H]1CC2OC3=O. The smallest absolute Gasteiger partial charge is 0.317 e. The maximum atomic E-state index is 12.9. The van der Waals surface area contributed by atoms with Crippen molar-refractivity contribution in [3.8, 4) is 11.5 Å². The van der Waals surface area contributed by atoms with Crippen LogP contribution in [0.1, 0.15) is 82.1 Å². The molecule has 0 aromatic heterocycles. The van der Waals surface area contributed by atoms with Gasteiger partial charge in [0.2, 0.25) is 0 Å². The Labute approximate surface area is 142 Å². The van der Waals surface area contributed by atoms with Crippen molar-refractivity contribution in [3.63, 3.8) is 0 Å². The van der Waals surface area contributed by atoms with Crippen LogP contribution in [-0.2, 0) is 14.9 Å². The van der Waals surface area contributed by atoms with Gasteiger partial charge >= 0.3 is 5.97 Å². The van der Waals surface area contributed by atoms with E-state index in [1.807, 2.05) is 19.9 Å². The summed E-state index contributed by atoms with van der Waals surface area (Å²) in [7, 11) is 0. The minimum Gasteiger partial charge on any atom is -0.504 e. The van der Waals surface area contributed by atoms with E-state index in [4.69, 9.17) is 4.74 Å². The average molecular weight is 330 g/mol. The number of phenols is 2. The van der Waals surface area contributed by atoms with Gasteiger partial charge in [0.1, 0.15) is 11.5 Å². The molecule has 2 aliphatic heterocycles. The Morgan fingerprint density at radius 1 is 1.21 bits per heavy atom. The number of fused-ring (bicyclic) bond motifs is 1. The number of esters is 1. The second-order valence-corrected chi connectivity index (χ2v) is 8.78. The predicted octanol–water partition coefficient (Wildman–Crippen LogP) is 4.29. The topological polar surface area (TPSA) is 66.8 Å². The van der Waals surface area contributed by atoms with Gasteiger partial charge in [-0.05, 0) is 42.6 Å². The van der Waals surface area contributed by atoms with E-state index in [-0.39, 0.29) is 40.8 Å². The van der Waals surface area contributed by atoms with Gasteiger partial charge in [-0.15, -0.1) is 0 Å². The van der Waals surface area contributed by atoms with Crippen molar-refractivity contribution < 1.29 is 19.7 Å². The average Bonchev–Trinajstić information content (AvgIpc) is 2.50. The van der Waals surface area contributed by atoms with Crippen LogP contribution in [0, 0.1) is 11.3 Å². The lowest BCUT2D eigenvalue weighted by atomic mass is 9.47. The molecule has 1 unspecified atom stereocenters. The van der Waals surface area contributed by atoms with E-state index in [9.17, 15) is 15.0 Å². The summed E-state index contributed by atoms with van der Waals surface area (Å²) in [6, 6.07) is 1.95. The molecule has 4 aliphatic rings. The van der Waals surface area contributed by atoms with Crippen LogP contribution in [0.2, 0.25) is 0 Å². The zero-order valence-corrected chi connectivity index (χ0v) is 14.8. The van der Waals surface area contributed by atoms with E-state index in [2.05, 4.69) is 13.8 Å². The van der Waals surface area contributed by atoms with Crippen LogP contribution in [0.3, 0.4) is 0 Å². The number of carbonyl (C=O) groups is 1. The number of ether oxygens (including phenoxy) is 1. The highest BCUT2D eigenvalue weighted by atomic mass is 16.5. The van der Waals surface area contributed by atoms with Crippen LogP contribution < -0.4 is 0 Å². The third-order valence-corrected chi connectivity index (χ3v) is 6.74. The molecular formula is C20H26O4. The molecule has 130 valence electrons. The monoisotopic (exact) mass is 330 g/mol. The highest BCUT2D eigenvalue weighted by Gasteiger charge is 2.65. The number of phenolic OH excluding ortho intramolecular Hbond substituents is 2. The van der Waals surface area contributed by atoms with Gasteiger partial charge in [-0.2, -0.15) is 0 Å². The molecule has 2 fully saturated rings. The second-order valence-electron chi connectivity index (χ2n) is 8.78.